The molecule has 0 aliphatic carbocycles. The van der Waals surface area contributed by atoms with Crippen LogP contribution in [0.2, 0.25) is 0 Å². The molecule has 6 heteroatoms. The average Bonchev–Trinajstić information content (AvgIpc) is 3.01. The molecule has 0 bridgehead atoms. The molecule has 3 rings (SSSR count). The summed E-state index contributed by atoms with van der Waals surface area (Å²) >= 11 is 1.47. The van der Waals surface area contributed by atoms with E-state index in [0.717, 1.165) is 16.6 Å². The van der Waals surface area contributed by atoms with Crippen LogP contribution < -0.4 is 0 Å². The Morgan fingerprint density at radius 3 is 2.90 bits per heavy atom. The van der Waals surface area contributed by atoms with Crippen LogP contribution >= 0.6 is 11.8 Å². The van der Waals surface area contributed by atoms with Crippen molar-refractivity contribution in [2.45, 2.75) is 13.0 Å². The van der Waals surface area contributed by atoms with E-state index in [4.69, 9.17) is 0 Å². The number of amides is 1. The zero-order valence-corrected chi connectivity index (χ0v) is 11.7. The maximum Gasteiger partial charge on any atom is 0.327 e. The molecule has 20 heavy (non-hydrogen) atoms. The number of aromatic amines is 1. The number of thioether (sulfide) groups is 1. The van der Waals surface area contributed by atoms with E-state index in [1.165, 1.54) is 16.7 Å². The van der Waals surface area contributed by atoms with Crippen LogP contribution in [-0.4, -0.2) is 44.5 Å². The number of benzene rings is 1. The Morgan fingerprint density at radius 1 is 1.40 bits per heavy atom. The number of H-pyrrole nitrogens is 1. The number of fused-ring (bicyclic) bond motifs is 1. The predicted molar refractivity (Wildman–Crippen MR) is 78.0 cm³/mol. The predicted octanol–water partition coefficient (Wildman–Crippen LogP) is 2.08. The van der Waals surface area contributed by atoms with Crippen LogP contribution in [0.5, 0.6) is 0 Å². The van der Waals surface area contributed by atoms with Gasteiger partial charge < -0.3 is 15.0 Å². The lowest BCUT2D eigenvalue weighted by atomic mass is 10.1. The number of para-hydroxylation sites is 1. The van der Waals surface area contributed by atoms with E-state index in [1.54, 1.807) is 0 Å². The quantitative estimate of drug-likeness (QED) is 0.888. The van der Waals surface area contributed by atoms with Gasteiger partial charge in [-0.1, -0.05) is 18.2 Å². The zero-order chi connectivity index (χ0) is 14.3. The zero-order valence-electron chi connectivity index (χ0n) is 10.9. The first-order chi connectivity index (χ1) is 9.59. The summed E-state index contributed by atoms with van der Waals surface area (Å²) in [4.78, 5) is 28.5. The fourth-order valence-corrected chi connectivity index (χ4v) is 3.69. The van der Waals surface area contributed by atoms with E-state index < -0.39 is 12.0 Å². The SMILES string of the molecule is Cc1[nH]c2ccccc2c1C(=O)N1CSC[C@H]1C(=O)O. The molecule has 2 heterocycles. The molecule has 1 aromatic heterocycles. The molecule has 1 amide bonds. The highest BCUT2D eigenvalue weighted by molar-refractivity contribution is 7.99. The first-order valence-corrected chi connectivity index (χ1v) is 7.44. The second kappa shape index (κ2) is 4.86. The van der Waals surface area contributed by atoms with Crippen molar-refractivity contribution in [1.29, 1.82) is 0 Å². The minimum atomic E-state index is -0.944. The Bertz CT molecular complexity index is 695. The molecule has 5 nitrogen and oxygen atoms in total. The van der Waals surface area contributed by atoms with Gasteiger partial charge >= 0.3 is 5.97 Å². The molecule has 2 N–H and O–H groups in total. The molecule has 104 valence electrons. The van der Waals surface area contributed by atoms with Crippen molar-refractivity contribution in [2.75, 3.05) is 11.6 Å². The Morgan fingerprint density at radius 2 is 2.15 bits per heavy atom. The third-order valence-corrected chi connectivity index (χ3v) is 4.55. The van der Waals surface area contributed by atoms with Gasteiger partial charge in [-0.05, 0) is 13.0 Å². The number of hydrogen-bond acceptors (Lipinski definition) is 3. The Hall–Kier alpha value is -1.95. The molecule has 0 saturated carbocycles. The number of aromatic nitrogens is 1. The molecule has 1 atom stereocenters. The number of carboxylic acid groups (broad SMARTS) is 1. The van der Waals surface area contributed by atoms with Gasteiger partial charge in [-0.15, -0.1) is 11.8 Å². The summed E-state index contributed by atoms with van der Waals surface area (Å²) in [5, 5.41) is 10.0. The Balaban J connectivity index is 2.04. The number of nitrogens with one attached hydrogen (secondary N) is 1. The van der Waals surface area contributed by atoms with E-state index in [-0.39, 0.29) is 5.91 Å². The molecule has 0 spiro atoms. The minimum absolute atomic E-state index is 0.211. The molecule has 1 aliphatic rings. The fourth-order valence-electron chi connectivity index (χ4n) is 2.54. The van der Waals surface area contributed by atoms with Crippen molar-refractivity contribution in [3.05, 3.63) is 35.5 Å². The summed E-state index contributed by atoms with van der Waals surface area (Å²) in [5.41, 5.74) is 2.25. The van der Waals surface area contributed by atoms with Crippen molar-refractivity contribution < 1.29 is 14.7 Å². The second-order valence-corrected chi connectivity index (χ2v) is 5.80. The average molecular weight is 290 g/mol. The lowest BCUT2D eigenvalue weighted by Gasteiger charge is -2.20. The van der Waals surface area contributed by atoms with Crippen LogP contribution in [0.25, 0.3) is 10.9 Å². The first-order valence-electron chi connectivity index (χ1n) is 6.28. The van der Waals surface area contributed by atoms with Crippen LogP contribution in [0.3, 0.4) is 0 Å². The van der Waals surface area contributed by atoms with Gasteiger partial charge in [0.15, 0.2) is 0 Å². The topological polar surface area (TPSA) is 73.4 Å². The molecule has 1 fully saturated rings. The second-order valence-electron chi connectivity index (χ2n) is 4.80. The van der Waals surface area contributed by atoms with Crippen molar-refractivity contribution in [3.63, 3.8) is 0 Å². The summed E-state index contributed by atoms with van der Waals surface area (Å²) in [7, 11) is 0. The smallest absolute Gasteiger partial charge is 0.327 e. The first kappa shape index (κ1) is 13.1. The van der Waals surface area contributed by atoms with Crippen molar-refractivity contribution in [1.82, 2.24) is 9.88 Å². The Labute approximate surface area is 120 Å². The van der Waals surface area contributed by atoms with Gasteiger partial charge in [0.1, 0.15) is 6.04 Å². The lowest BCUT2D eigenvalue weighted by molar-refractivity contribution is -0.140. The van der Waals surface area contributed by atoms with E-state index in [2.05, 4.69) is 4.98 Å². The summed E-state index contributed by atoms with van der Waals surface area (Å²) in [6, 6.07) is 6.83. The van der Waals surface area contributed by atoms with Crippen molar-refractivity contribution in [3.8, 4) is 0 Å². The van der Waals surface area contributed by atoms with Crippen molar-refractivity contribution >= 4 is 34.5 Å². The van der Waals surface area contributed by atoms with Crippen LogP contribution in [0.4, 0.5) is 0 Å². The number of carbonyl (C=O) groups excluding carboxylic acids is 1. The number of rotatable bonds is 2. The van der Waals surface area contributed by atoms with Gasteiger partial charge in [-0.3, -0.25) is 4.79 Å². The number of nitrogens with zero attached hydrogens (tertiary/aromatic N) is 1. The summed E-state index contributed by atoms with van der Waals surface area (Å²) in [5.74, 6) is -0.282. The highest BCUT2D eigenvalue weighted by Crippen LogP contribution is 2.28. The van der Waals surface area contributed by atoms with Gasteiger partial charge in [0.25, 0.3) is 5.91 Å². The standard InChI is InChI=1S/C14H14N2O3S/c1-8-12(9-4-2-3-5-10(9)15-8)13(17)16-7-20-6-11(16)14(18)19/h2-5,11,15H,6-7H2,1H3,(H,18,19)/t11-/m0/s1. The number of aryl methyl sites for hydroxylation is 1. The van der Waals surface area contributed by atoms with Crippen LogP contribution in [0, 0.1) is 6.92 Å². The molecule has 1 saturated heterocycles. The normalized spacial score (nSPS) is 18.6. The van der Waals surface area contributed by atoms with Crippen LogP contribution in [0.1, 0.15) is 16.1 Å². The molecule has 2 aromatic rings. The van der Waals surface area contributed by atoms with Gasteiger partial charge in [-0.25, -0.2) is 4.79 Å². The van der Waals surface area contributed by atoms with Crippen molar-refractivity contribution in [2.24, 2.45) is 0 Å². The highest BCUT2D eigenvalue weighted by atomic mass is 32.2. The summed E-state index contributed by atoms with van der Waals surface area (Å²) in [6.45, 7) is 1.84. The molecule has 1 aliphatic heterocycles. The van der Waals surface area contributed by atoms with Crippen LogP contribution in [0.15, 0.2) is 24.3 Å². The van der Waals surface area contributed by atoms with Crippen LogP contribution in [-0.2, 0) is 4.79 Å². The lowest BCUT2D eigenvalue weighted by Crippen LogP contribution is -2.41. The Kier molecular flexibility index (Phi) is 3.17. The summed E-state index contributed by atoms with van der Waals surface area (Å²) in [6.07, 6.45) is 0. The maximum absolute atomic E-state index is 12.7. The van der Waals surface area contributed by atoms with E-state index in [1.807, 2.05) is 31.2 Å². The number of carboxylic acids is 1. The molecular formula is C14H14N2O3S. The summed E-state index contributed by atoms with van der Waals surface area (Å²) < 4.78 is 0. The van der Waals surface area contributed by atoms with E-state index >= 15 is 0 Å². The minimum Gasteiger partial charge on any atom is -0.480 e. The van der Waals surface area contributed by atoms with E-state index in [0.29, 0.717) is 17.2 Å². The monoisotopic (exact) mass is 290 g/mol. The molecule has 0 unspecified atom stereocenters. The number of carbonyl (C=O) groups is 2. The fraction of sp³-hybridized carbons (Fsp3) is 0.286. The molecule has 1 aromatic carbocycles. The van der Waals surface area contributed by atoms with E-state index in [9.17, 15) is 14.7 Å². The maximum atomic E-state index is 12.7. The number of aliphatic carboxylic acids is 1. The third kappa shape index (κ3) is 1.96. The molecular weight excluding hydrogens is 276 g/mol. The van der Waals surface area contributed by atoms with Gasteiger partial charge in [0.2, 0.25) is 0 Å². The number of hydrogen-bond donors (Lipinski definition) is 2. The largest absolute Gasteiger partial charge is 0.480 e. The van der Waals surface area contributed by atoms with Gasteiger partial charge in [0, 0.05) is 22.3 Å². The third-order valence-electron chi connectivity index (χ3n) is 3.54. The molecule has 0 radical (unpaired) electrons. The van der Waals surface area contributed by atoms with Gasteiger partial charge in [-0.2, -0.15) is 0 Å². The van der Waals surface area contributed by atoms with Gasteiger partial charge in [0.05, 0.1) is 11.4 Å². The highest BCUT2D eigenvalue weighted by Gasteiger charge is 2.36.